The van der Waals surface area contributed by atoms with Crippen LogP contribution in [0.3, 0.4) is 0 Å². The molecule has 0 amide bonds. The van der Waals surface area contributed by atoms with Gasteiger partial charge >= 0.3 is 0 Å². The molecule has 7 heteroatoms. The van der Waals surface area contributed by atoms with E-state index in [4.69, 9.17) is 20.4 Å². The van der Waals surface area contributed by atoms with Crippen LogP contribution in [0.25, 0.3) is 0 Å². The van der Waals surface area contributed by atoms with Gasteiger partial charge in [-0.1, -0.05) is 29.4 Å². The van der Waals surface area contributed by atoms with Crippen molar-refractivity contribution in [1.29, 1.82) is 0 Å². The first-order valence-corrected chi connectivity index (χ1v) is 8.01. The quantitative estimate of drug-likeness (QED) is 0.363. The van der Waals surface area contributed by atoms with Crippen LogP contribution in [-0.4, -0.2) is 73.4 Å². The van der Waals surface area contributed by atoms with E-state index in [0.29, 0.717) is 0 Å². The lowest BCUT2D eigenvalue weighted by Crippen LogP contribution is -2.50. The Hall–Kier alpha value is -1.67. The van der Waals surface area contributed by atoms with Gasteiger partial charge in [-0.15, -0.1) is 0 Å². The Morgan fingerprint density at radius 1 is 0.957 bits per heavy atom. The summed E-state index contributed by atoms with van der Waals surface area (Å²) in [6.45, 7) is 6.75. The Morgan fingerprint density at radius 3 is 1.87 bits per heavy atom. The predicted molar refractivity (Wildman–Crippen MR) is 86.5 cm³/mol. The monoisotopic (exact) mass is 320 g/mol. The molecule has 23 heavy (non-hydrogen) atoms. The van der Waals surface area contributed by atoms with Crippen LogP contribution in [0.4, 0.5) is 0 Å². The van der Waals surface area contributed by atoms with Gasteiger partial charge in [0.05, 0.1) is 32.6 Å². The lowest BCUT2D eigenvalue weighted by Gasteiger charge is -2.43. The lowest BCUT2D eigenvalue weighted by atomic mass is 10.1. The molecule has 0 radical (unpaired) electrons. The molecule has 1 aromatic rings. The number of oxime groups is 1. The molecule has 7 nitrogen and oxygen atoms in total. The second-order valence-corrected chi connectivity index (χ2v) is 5.78. The minimum absolute atomic E-state index is 0.130. The van der Waals surface area contributed by atoms with Crippen LogP contribution in [0, 0.1) is 0 Å². The highest BCUT2D eigenvalue weighted by molar-refractivity contribution is 5.96. The molecule has 0 atom stereocenters. The molecular weight excluding hydrogens is 296 g/mol. The summed E-state index contributed by atoms with van der Waals surface area (Å²) in [5, 5.41) is 11.8. The van der Waals surface area contributed by atoms with Crippen LogP contribution >= 0.6 is 0 Å². The molecule has 3 rings (SSSR count). The number of amidine groups is 1. The first-order valence-electron chi connectivity index (χ1n) is 8.01. The van der Waals surface area contributed by atoms with E-state index < -0.39 is 0 Å². The number of hydrogen-bond acceptors (Lipinski definition) is 6. The third kappa shape index (κ3) is 3.81. The molecule has 0 unspecified atom stereocenters. The Labute approximate surface area is 136 Å². The highest BCUT2D eigenvalue weighted by Gasteiger charge is 2.29. The third-order valence-corrected chi connectivity index (χ3v) is 4.40. The van der Waals surface area contributed by atoms with Gasteiger partial charge in [-0.3, -0.25) is 9.80 Å². The Kier molecular flexibility index (Phi) is 5.45. The van der Waals surface area contributed by atoms with Crippen LogP contribution in [0.2, 0.25) is 0 Å². The first kappa shape index (κ1) is 16.2. The number of rotatable bonds is 4. The van der Waals surface area contributed by atoms with Crippen molar-refractivity contribution in [2.24, 2.45) is 10.9 Å². The molecule has 2 aliphatic heterocycles. The van der Waals surface area contributed by atoms with Gasteiger partial charge in [0.1, 0.15) is 0 Å². The highest BCUT2D eigenvalue weighted by atomic mass is 16.5. The van der Waals surface area contributed by atoms with Gasteiger partial charge in [-0.05, 0) is 5.56 Å². The van der Waals surface area contributed by atoms with E-state index in [-0.39, 0.29) is 12.0 Å². The van der Waals surface area contributed by atoms with Crippen molar-refractivity contribution in [2.45, 2.75) is 6.17 Å². The minimum Gasteiger partial charge on any atom is -0.409 e. The number of ether oxygens (including phenoxy) is 2. The average molecular weight is 320 g/mol. The maximum atomic E-state index is 8.79. The third-order valence-electron chi connectivity index (χ3n) is 4.40. The van der Waals surface area contributed by atoms with Crippen molar-refractivity contribution in [3.63, 3.8) is 0 Å². The van der Waals surface area contributed by atoms with Crippen LogP contribution in [0.15, 0.2) is 29.4 Å². The van der Waals surface area contributed by atoms with Gasteiger partial charge in [0.2, 0.25) is 0 Å². The second kappa shape index (κ2) is 7.74. The van der Waals surface area contributed by atoms with Crippen molar-refractivity contribution < 1.29 is 14.7 Å². The van der Waals surface area contributed by atoms with E-state index in [0.717, 1.165) is 58.2 Å². The molecule has 0 saturated carbocycles. The maximum absolute atomic E-state index is 8.79. The SMILES string of the molecule is N/C(=N\O)c1ccc(C(N2CCOCC2)N2CCOCC2)cc1. The van der Waals surface area contributed by atoms with Gasteiger partial charge in [0.25, 0.3) is 0 Å². The molecule has 0 spiro atoms. The van der Waals surface area contributed by atoms with E-state index in [2.05, 4.69) is 27.1 Å². The molecule has 0 aromatic heterocycles. The fraction of sp³-hybridized carbons (Fsp3) is 0.562. The van der Waals surface area contributed by atoms with Gasteiger partial charge in [0, 0.05) is 31.7 Å². The van der Waals surface area contributed by atoms with Crippen LogP contribution in [0.1, 0.15) is 17.3 Å². The van der Waals surface area contributed by atoms with E-state index >= 15 is 0 Å². The summed E-state index contributed by atoms with van der Waals surface area (Å²) < 4.78 is 11.0. The first-order chi connectivity index (χ1) is 11.3. The molecule has 2 aliphatic rings. The highest BCUT2D eigenvalue weighted by Crippen LogP contribution is 2.27. The fourth-order valence-electron chi connectivity index (χ4n) is 3.18. The summed E-state index contributed by atoms with van der Waals surface area (Å²) in [5.41, 5.74) is 7.58. The summed E-state index contributed by atoms with van der Waals surface area (Å²) in [4.78, 5) is 4.90. The summed E-state index contributed by atoms with van der Waals surface area (Å²) in [6.07, 6.45) is 0.212. The molecule has 2 saturated heterocycles. The molecular formula is C16H24N4O3. The van der Waals surface area contributed by atoms with Crippen LogP contribution in [-0.2, 0) is 9.47 Å². The van der Waals surface area contributed by atoms with E-state index in [1.54, 1.807) is 0 Å². The summed E-state index contributed by atoms with van der Waals surface area (Å²) >= 11 is 0. The molecule has 0 bridgehead atoms. The van der Waals surface area contributed by atoms with Gasteiger partial charge in [0.15, 0.2) is 5.84 Å². The molecule has 0 aliphatic carbocycles. The van der Waals surface area contributed by atoms with Crippen LogP contribution in [0.5, 0.6) is 0 Å². The molecule has 3 N–H and O–H groups in total. The van der Waals surface area contributed by atoms with Crippen molar-refractivity contribution in [1.82, 2.24) is 9.80 Å². The summed E-state index contributed by atoms with van der Waals surface area (Å²) in [7, 11) is 0. The Morgan fingerprint density at radius 2 is 1.43 bits per heavy atom. The molecule has 126 valence electrons. The van der Waals surface area contributed by atoms with Crippen LogP contribution < -0.4 is 5.73 Å². The topological polar surface area (TPSA) is 83.5 Å². The summed E-state index contributed by atoms with van der Waals surface area (Å²) in [6, 6.07) is 7.92. The largest absolute Gasteiger partial charge is 0.409 e. The minimum atomic E-state index is 0.130. The number of hydrogen-bond donors (Lipinski definition) is 2. The molecule has 1 aromatic carbocycles. The fourth-order valence-corrected chi connectivity index (χ4v) is 3.18. The smallest absolute Gasteiger partial charge is 0.170 e. The zero-order chi connectivity index (χ0) is 16.1. The Balaban J connectivity index is 1.84. The van der Waals surface area contributed by atoms with E-state index in [1.165, 1.54) is 5.56 Å². The zero-order valence-corrected chi connectivity index (χ0v) is 13.2. The normalized spacial score (nSPS) is 21.7. The lowest BCUT2D eigenvalue weighted by molar-refractivity contribution is -0.0676. The van der Waals surface area contributed by atoms with Crippen molar-refractivity contribution >= 4 is 5.84 Å². The van der Waals surface area contributed by atoms with E-state index in [1.807, 2.05) is 12.1 Å². The molecule has 2 heterocycles. The number of nitrogens with zero attached hydrogens (tertiary/aromatic N) is 3. The Bertz CT molecular complexity index is 505. The van der Waals surface area contributed by atoms with Crippen molar-refractivity contribution in [3.05, 3.63) is 35.4 Å². The van der Waals surface area contributed by atoms with Gasteiger partial charge in [-0.2, -0.15) is 0 Å². The number of benzene rings is 1. The number of nitrogens with two attached hydrogens (primary N) is 1. The predicted octanol–water partition coefficient (Wildman–Crippen LogP) is 0.444. The summed E-state index contributed by atoms with van der Waals surface area (Å²) in [5.74, 6) is 0.130. The van der Waals surface area contributed by atoms with Crippen molar-refractivity contribution in [3.8, 4) is 0 Å². The zero-order valence-electron chi connectivity index (χ0n) is 13.2. The van der Waals surface area contributed by atoms with Crippen molar-refractivity contribution in [2.75, 3.05) is 52.6 Å². The van der Waals surface area contributed by atoms with E-state index in [9.17, 15) is 0 Å². The molecule has 2 fully saturated rings. The second-order valence-electron chi connectivity index (χ2n) is 5.78. The van der Waals surface area contributed by atoms with Gasteiger partial charge in [-0.25, -0.2) is 0 Å². The van der Waals surface area contributed by atoms with Gasteiger partial charge < -0.3 is 20.4 Å². The maximum Gasteiger partial charge on any atom is 0.170 e. The standard InChI is InChI=1S/C16H24N4O3/c17-15(18-21)13-1-3-14(4-2-13)16(19-5-9-22-10-6-19)20-7-11-23-12-8-20/h1-4,16,21H,5-12H2,(H2,17,18). The average Bonchev–Trinajstić information content (AvgIpc) is 2.64. The number of morpholine rings is 2.